The zero-order chi connectivity index (χ0) is 19.6. The monoisotopic (exact) mass is 393 g/mol. The number of carbonyl (C=O) groups is 1. The van der Waals surface area contributed by atoms with Gasteiger partial charge in [0.1, 0.15) is 5.75 Å². The van der Waals surface area contributed by atoms with E-state index in [4.69, 9.17) is 15.3 Å². The highest BCUT2D eigenvalue weighted by Crippen LogP contribution is 2.23. The third kappa shape index (κ3) is 6.76. The predicted octanol–water partition coefficient (Wildman–Crippen LogP) is 2.08. The number of nitrogens with two attached hydrogens (primary N) is 1. The molecular weight excluding hydrogens is 366 g/mol. The highest BCUT2D eigenvalue weighted by atomic mass is 32.2. The molecule has 0 bridgehead atoms. The first kappa shape index (κ1) is 21.0. The summed E-state index contributed by atoms with van der Waals surface area (Å²) in [7, 11) is 0. The van der Waals surface area contributed by atoms with Crippen molar-refractivity contribution in [3.63, 3.8) is 0 Å². The molecule has 3 N–H and O–H groups in total. The van der Waals surface area contributed by atoms with Crippen LogP contribution in [0.15, 0.2) is 29.4 Å². The normalized spacial score (nSPS) is 11.0. The second-order valence-corrected chi connectivity index (χ2v) is 6.99. The lowest BCUT2D eigenvalue weighted by Gasteiger charge is -2.08. The molecule has 2 rings (SSSR count). The minimum Gasteiger partial charge on any atom is -0.494 e. The Morgan fingerprint density at radius 2 is 2.04 bits per heavy atom. The van der Waals surface area contributed by atoms with E-state index in [0.717, 1.165) is 17.7 Å². The standard InChI is InChI=1S/C18H27N5O3S/c1-4-25-15-8-6-14(7-9-15)17-21-22-18(23(17)19)27-12-16(24)20-10-5-11-26-13(2)3/h6-9,13H,4-5,10-12,19H2,1-3H3,(H,20,24). The van der Waals surface area contributed by atoms with E-state index >= 15 is 0 Å². The molecule has 1 amide bonds. The molecule has 0 aliphatic rings. The number of amides is 1. The van der Waals surface area contributed by atoms with Crippen molar-refractivity contribution >= 4 is 17.7 Å². The van der Waals surface area contributed by atoms with Crippen LogP contribution >= 0.6 is 11.8 Å². The van der Waals surface area contributed by atoms with Crippen molar-refractivity contribution in [3.05, 3.63) is 24.3 Å². The lowest BCUT2D eigenvalue weighted by Crippen LogP contribution is -2.27. The summed E-state index contributed by atoms with van der Waals surface area (Å²) in [4.78, 5) is 11.9. The Labute approximate surface area is 163 Å². The Morgan fingerprint density at radius 1 is 1.30 bits per heavy atom. The molecule has 27 heavy (non-hydrogen) atoms. The zero-order valence-corrected chi connectivity index (χ0v) is 16.8. The third-order valence-corrected chi connectivity index (χ3v) is 4.46. The summed E-state index contributed by atoms with van der Waals surface area (Å²) in [5, 5.41) is 11.5. The first-order valence-electron chi connectivity index (χ1n) is 8.96. The number of thioether (sulfide) groups is 1. The molecule has 0 fully saturated rings. The lowest BCUT2D eigenvalue weighted by atomic mass is 10.2. The highest BCUT2D eigenvalue weighted by Gasteiger charge is 2.13. The Bertz CT molecular complexity index is 718. The number of nitrogen functional groups attached to an aromatic ring is 1. The van der Waals surface area contributed by atoms with E-state index in [-0.39, 0.29) is 17.8 Å². The number of hydrogen-bond donors (Lipinski definition) is 2. The van der Waals surface area contributed by atoms with E-state index in [9.17, 15) is 4.79 Å². The molecule has 0 unspecified atom stereocenters. The zero-order valence-electron chi connectivity index (χ0n) is 16.0. The molecule has 0 atom stereocenters. The van der Waals surface area contributed by atoms with Crippen molar-refractivity contribution in [3.8, 4) is 17.1 Å². The minimum absolute atomic E-state index is 0.0739. The maximum atomic E-state index is 11.9. The van der Waals surface area contributed by atoms with Gasteiger partial charge in [0, 0.05) is 18.7 Å². The molecular formula is C18H27N5O3S. The molecule has 1 aromatic carbocycles. The summed E-state index contributed by atoms with van der Waals surface area (Å²) >= 11 is 1.25. The Balaban J connectivity index is 1.82. The van der Waals surface area contributed by atoms with Crippen molar-refractivity contribution in [2.24, 2.45) is 0 Å². The van der Waals surface area contributed by atoms with Crippen LogP contribution in [0.4, 0.5) is 0 Å². The van der Waals surface area contributed by atoms with Crippen molar-refractivity contribution in [2.75, 3.05) is 31.4 Å². The van der Waals surface area contributed by atoms with Crippen LogP contribution in [0.3, 0.4) is 0 Å². The molecule has 0 aliphatic carbocycles. The summed E-state index contributed by atoms with van der Waals surface area (Å²) in [6.07, 6.45) is 0.987. The van der Waals surface area contributed by atoms with Gasteiger partial charge in [-0.1, -0.05) is 11.8 Å². The number of benzene rings is 1. The van der Waals surface area contributed by atoms with E-state index < -0.39 is 0 Å². The first-order chi connectivity index (χ1) is 13.0. The van der Waals surface area contributed by atoms with Crippen molar-refractivity contribution in [1.82, 2.24) is 20.2 Å². The maximum absolute atomic E-state index is 11.9. The van der Waals surface area contributed by atoms with Crippen molar-refractivity contribution in [2.45, 2.75) is 38.5 Å². The van der Waals surface area contributed by atoms with Crippen LogP contribution in [0.2, 0.25) is 0 Å². The van der Waals surface area contributed by atoms with Gasteiger partial charge in [0.15, 0.2) is 5.82 Å². The van der Waals surface area contributed by atoms with Crippen molar-refractivity contribution < 1.29 is 14.3 Å². The van der Waals surface area contributed by atoms with Crippen LogP contribution in [0, 0.1) is 0 Å². The highest BCUT2D eigenvalue weighted by molar-refractivity contribution is 7.99. The van der Waals surface area contributed by atoms with E-state index in [2.05, 4.69) is 15.5 Å². The van der Waals surface area contributed by atoms with Crippen LogP contribution in [0.25, 0.3) is 11.4 Å². The van der Waals surface area contributed by atoms with E-state index in [1.165, 1.54) is 16.4 Å². The van der Waals surface area contributed by atoms with Crippen LogP contribution < -0.4 is 15.9 Å². The van der Waals surface area contributed by atoms with Gasteiger partial charge in [-0.15, -0.1) is 10.2 Å². The predicted molar refractivity (Wildman–Crippen MR) is 106 cm³/mol. The lowest BCUT2D eigenvalue weighted by molar-refractivity contribution is -0.118. The van der Waals surface area contributed by atoms with Gasteiger partial charge >= 0.3 is 0 Å². The molecule has 2 aromatic rings. The topological polar surface area (TPSA) is 104 Å². The quantitative estimate of drug-likeness (QED) is 0.342. The molecule has 8 nitrogen and oxygen atoms in total. The van der Waals surface area contributed by atoms with E-state index in [1.807, 2.05) is 45.0 Å². The van der Waals surface area contributed by atoms with Gasteiger partial charge in [-0.25, -0.2) is 4.68 Å². The SMILES string of the molecule is CCOc1ccc(-c2nnc(SCC(=O)NCCCOC(C)C)n2N)cc1. The maximum Gasteiger partial charge on any atom is 0.230 e. The fourth-order valence-corrected chi connectivity index (χ4v) is 2.93. The average molecular weight is 394 g/mol. The molecule has 0 saturated carbocycles. The molecule has 0 aliphatic heterocycles. The number of ether oxygens (including phenoxy) is 2. The Morgan fingerprint density at radius 3 is 2.70 bits per heavy atom. The molecule has 0 spiro atoms. The average Bonchev–Trinajstić information content (AvgIpc) is 3.01. The van der Waals surface area contributed by atoms with Gasteiger partial charge in [0.05, 0.1) is 18.5 Å². The number of hydrogen-bond acceptors (Lipinski definition) is 7. The molecule has 1 heterocycles. The Kier molecular flexibility index (Phi) is 8.41. The minimum atomic E-state index is -0.0739. The second-order valence-electron chi connectivity index (χ2n) is 6.05. The summed E-state index contributed by atoms with van der Waals surface area (Å²) in [5.74, 6) is 7.55. The smallest absolute Gasteiger partial charge is 0.230 e. The van der Waals surface area contributed by atoms with Gasteiger partial charge in [0.2, 0.25) is 11.1 Å². The molecule has 148 valence electrons. The molecule has 0 radical (unpaired) electrons. The largest absolute Gasteiger partial charge is 0.494 e. The summed E-state index contributed by atoms with van der Waals surface area (Å²) in [6.45, 7) is 7.73. The summed E-state index contributed by atoms with van der Waals surface area (Å²) < 4.78 is 12.3. The Hall–Kier alpha value is -2.26. The van der Waals surface area contributed by atoms with Crippen LogP contribution in [-0.2, 0) is 9.53 Å². The van der Waals surface area contributed by atoms with Crippen LogP contribution in [0.5, 0.6) is 5.75 Å². The number of carbonyl (C=O) groups excluding carboxylic acids is 1. The number of rotatable bonds is 11. The number of nitrogens with zero attached hydrogens (tertiary/aromatic N) is 3. The fourth-order valence-electron chi connectivity index (χ4n) is 2.24. The molecule has 9 heteroatoms. The van der Waals surface area contributed by atoms with Gasteiger partial charge in [-0.3, -0.25) is 4.79 Å². The second kappa shape index (κ2) is 10.8. The number of aromatic nitrogens is 3. The van der Waals surface area contributed by atoms with Crippen molar-refractivity contribution in [1.29, 1.82) is 0 Å². The van der Waals surface area contributed by atoms with Gasteiger partial charge in [-0.2, -0.15) is 0 Å². The van der Waals surface area contributed by atoms with Gasteiger partial charge < -0.3 is 20.6 Å². The summed E-state index contributed by atoms with van der Waals surface area (Å²) in [6, 6.07) is 7.46. The van der Waals surface area contributed by atoms with E-state index in [1.54, 1.807) is 0 Å². The summed E-state index contributed by atoms with van der Waals surface area (Å²) in [5.41, 5.74) is 0.829. The molecule has 1 aromatic heterocycles. The first-order valence-corrected chi connectivity index (χ1v) is 9.94. The van der Waals surface area contributed by atoms with Crippen LogP contribution in [-0.4, -0.2) is 52.4 Å². The fraction of sp³-hybridized carbons (Fsp3) is 0.500. The molecule has 0 saturated heterocycles. The number of nitrogens with one attached hydrogen (secondary N) is 1. The van der Waals surface area contributed by atoms with Crippen LogP contribution in [0.1, 0.15) is 27.2 Å². The third-order valence-electron chi connectivity index (χ3n) is 3.51. The van der Waals surface area contributed by atoms with E-state index in [0.29, 0.717) is 30.7 Å². The van der Waals surface area contributed by atoms with Gasteiger partial charge in [0.25, 0.3) is 0 Å². The van der Waals surface area contributed by atoms with Gasteiger partial charge in [-0.05, 0) is 51.5 Å².